The smallest absolute Gasteiger partial charge is 0.395 e. The Hall–Kier alpha value is -2.93. The van der Waals surface area contributed by atoms with Crippen LogP contribution in [0.3, 0.4) is 0 Å². The standard InChI is InChI=1S/C29H35NO6/c1-3-4-5-18-16-19-17-22(36-28(32)35-21-8-6-20(7-9-21)30(33)34)10-11-23(19)24-14-15-29(2)25(27(18)24)12-13-26(29)31/h6-11,17-18,24-27,31H,3-5,12-16H2,1-2H3/t18-,24-,25+,26+,27-,29+/m1/s1. The van der Waals surface area contributed by atoms with Crippen molar-refractivity contribution in [1.29, 1.82) is 0 Å². The van der Waals surface area contributed by atoms with Crippen LogP contribution in [-0.2, 0) is 6.42 Å². The van der Waals surface area contributed by atoms with Gasteiger partial charge in [-0.25, -0.2) is 4.79 Å². The monoisotopic (exact) mass is 493 g/mol. The summed E-state index contributed by atoms with van der Waals surface area (Å²) in [6.07, 6.45) is 7.65. The van der Waals surface area contributed by atoms with Crippen LogP contribution in [0.2, 0.25) is 0 Å². The number of aliphatic hydroxyl groups excluding tert-OH is 1. The predicted octanol–water partition coefficient (Wildman–Crippen LogP) is 6.81. The molecule has 192 valence electrons. The van der Waals surface area contributed by atoms with E-state index >= 15 is 0 Å². The highest BCUT2D eigenvalue weighted by Crippen LogP contribution is 2.62. The van der Waals surface area contributed by atoms with Gasteiger partial charge in [0, 0.05) is 12.1 Å². The molecule has 2 fully saturated rings. The first-order chi connectivity index (χ1) is 17.3. The summed E-state index contributed by atoms with van der Waals surface area (Å²) in [5.74, 6) is 2.85. The fraction of sp³-hybridized carbons (Fsp3) is 0.552. The molecular formula is C29H35NO6. The van der Waals surface area contributed by atoms with Gasteiger partial charge >= 0.3 is 6.16 Å². The first kappa shape index (κ1) is 24.8. The molecule has 2 aromatic rings. The lowest BCUT2D eigenvalue weighted by Crippen LogP contribution is -2.47. The van der Waals surface area contributed by atoms with Crippen molar-refractivity contribution in [3.8, 4) is 11.5 Å². The molecule has 36 heavy (non-hydrogen) atoms. The Morgan fingerprint density at radius 2 is 1.83 bits per heavy atom. The minimum absolute atomic E-state index is 0.0355. The Balaban J connectivity index is 1.34. The quantitative estimate of drug-likeness (QED) is 0.205. The molecule has 0 bridgehead atoms. The molecule has 0 aromatic heterocycles. The molecule has 6 atom stereocenters. The molecule has 0 heterocycles. The number of aliphatic hydroxyl groups is 1. The Morgan fingerprint density at radius 1 is 1.11 bits per heavy atom. The molecule has 2 saturated carbocycles. The van der Waals surface area contributed by atoms with Gasteiger partial charge in [0.2, 0.25) is 0 Å². The highest BCUT2D eigenvalue weighted by Gasteiger charge is 2.56. The molecule has 0 spiro atoms. The van der Waals surface area contributed by atoms with Crippen LogP contribution >= 0.6 is 0 Å². The normalized spacial score (nSPS) is 30.6. The molecule has 3 aliphatic rings. The number of nitro benzene ring substituents is 1. The van der Waals surface area contributed by atoms with Crippen molar-refractivity contribution in [2.24, 2.45) is 23.2 Å². The highest BCUT2D eigenvalue weighted by molar-refractivity contribution is 5.67. The molecule has 0 saturated heterocycles. The summed E-state index contributed by atoms with van der Waals surface area (Å²) < 4.78 is 10.7. The zero-order valence-corrected chi connectivity index (χ0v) is 21.0. The zero-order valence-electron chi connectivity index (χ0n) is 21.0. The van der Waals surface area contributed by atoms with Crippen LogP contribution < -0.4 is 9.47 Å². The molecule has 2 aromatic carbocycles. The van der Waals surface area contributed by atoms with Gasteiger partial charge in [-0.3, -0.25) is 10.1 Å². The molecule has 7 heteroatoms. The van der Waals surface area contributed by atoms with E-state index in [0.717, 1.165) is 32.1 Å². The summed E-state index contributed by atoms with van der Waals surface area (Å²) in [4.78, 5) is 22.7. The number of nitrogens with zero attached hydrogens (tertiary/aromatic N) is 1. The van der Waals surface area contributed by atoms with Crippen molar-refractivity contribution in [2.45, 2.75) is 77.2 Å². The van der Waals surface area contributed by atoms with E-state index in [2.05, 4.69) is 19.9 Å². The number of unbranched alkanes of at least 4 members (excludes halogenated alkanes) is 1. The van der Waals surface area contributed by atoms with Gasteiger partial charge in [-0.1, -0.05) is 32.8 Å². The second-order valence-corrected chi connectivity index (χ2v) is 11.1. The summed E-state index contributed by atoms with van der Waals surface area (Å²) >= 11 is 0. The number of carbonyl (C=O) groups excluding carboxylic acids is 1. The lowest BCUT2D eigenvalue weighted by Gasteiger charge is -2.53. The Morgan fingerprint density at radius 3 is 2.56 bits per heavy atom. The summed E-state index contributed by atoms with van der Waals surface area (Å²) in [6, 6.07) is 11.3. The van der Waals surface area contributed by atoms with Crippen LogP contribution in [0.4, 0.5) is 10.5 Å². The first-order valence-corrected chi connectivity index (χ1v) is 13.2. The maximum Gasteiger partial charge on any atom is 0.519 e. The van der Waals surface area contributed by atoms with Gasteiger partial charge in [-0.15, -0.1) is 0 Å². The van der Waals surface area contributed by atoms with Crippen molar-refractivity contribution in [1.82, 2.24) is 0 Å². The lowest BCUT2D eigenvalue weighted by molar-refractivity contribution is -0.384. The average molecular weight is 494 g/mol. The first-order valence-electron chi connectivity index (χ1n) is 13.2. The van der Waals surface area contributed by atoms with E-state index in [1.165, 1.54) is 54.7 Å². The van der Waals surface area contributed by atoms with Crippen LogP contribution in [0.15, 0.2) is 42.5 Å². The maximum atomic E-state index is 12.4. The molecule has 0 radical (unpaired) electrons. The van der Waals surface area contributed by atoms with E-state index in [-0.39, 0.29) is 23.0 Å². The van der Waals surface area contributed by atoms with E-state index in [9.17, 15) is 20.0 Å². The summed E-state index contributed by atoms with van der Waals surface area (Å²) in [7, 11) is 0. The third-order valence-electron chi connectivity index (χ3n) is 9.20. The molecule has 7 nitrogen and oxygen atoms in total. The van der Waals surface area contributed by atoms with Crippen LogP contribution in [0, 0.1) is 33.3 Å². The fourth-order valence-electron chi connectivity index (χ4n) is 7.40. The number of benzene rings is 2. The number of non-ortho nitro benzene ring substituents is 1. The SMILES string of the molecule is CCCC[C@@H]1Cc2cc(OC(=O)Oc3ccc([N+](=O)[O-])cc3)ccc2[C@H]2CC[C@]3(C)[C@@H](O)CC[C@H]3[C@H]12. The van der Waals surface area contributed by atoms with Crippen LogP contribution in [0.1, 0.15) is 75.8 Å². The van der Waals surface area contributed by atoms with E-state index in [1.54, 1.807) is 0 Å². The lowest BCUT2D eigenvalue weighted by atomic mass is 9.52. The number of hydrogen-bond acceptors (Lipinski definition) is 6. The number of ether oxygens (including phenoxy) is 2. The number of carbonyl (C=O) groups is 1. The van der Waals surface area contributed by atoms with Gasteiger partial charge in [0.25, 0.3) is 5.69 Å². The minimum atomic E-state index is -0.867. The van der Waals surface area contributed by atoms with Crippen LogP contribution in [0.5, 0.6) is 11.5 Å². The molecule has 5 rings (SSSR count). The molecular weight excluding hydrogens is 458 g/mol. The topological polar surface area (TPSA) is 98.9 Å². The fourth-order valence-corrected chi connectivity index (χ4v) is 7.40. The van der Waals surface area contributed by atoms with Crippen molar-refractivity contribution < 1.29 is 24.3 Å². The Kier molecular flexibility index (Phi) is 6.77. The minimum Gasteiger partial charge on any atom is -0.395 e. The second-order valence-electron chi connectivity index (χ2n) is 11.1. The number of fused-ring (bicyclic) bond motifs is 5. The summed E-state index contributed by atoms with van der Waals surface area (Å²) in [6.45, 7) is 4.55. The number of rotatable bonds is 6. The molecule has 1 N–H and O–H groups in total. The Labute approximate surface area is 212 Å². The van der Waals surface area contributed by atoms with Gasteiger partial charge in [-0.05, 0) is 103 Å². The number of nitro groups is 1. The van der Waals surface area contributed by atoms with Gasteiger partial charge in [-0.2, -0.15) is 0 Å². The van der Waals surface area contributed by atoms with Crippen molar-refractivity contribution in [3.63, 3.8) is 0 Å². The molecule has 0 unspecified atom stereocenters. The van der Waals surface area contributed by atoms with E-state index in [4.69, 9.17) is 9.47 Å². The predicted molar refractivity (Wildman–Crippen MR) is 135 cm³/mol. The van der Waals surface area contributed by atoms with Gasteiger partial charge in [0.05, 0.1) is 11.0 Å². The van der Waals surface area contributed by atoms with Gasteiger partial charge in [0.1, 0.15) is 11.5 Å². The maximum absolute atomic E-state index is 12.4. The van der Waals surface area contributed by atoms with Crippen molar-refractivity contribution in [3.05, 3.63) is 63.7 Å². The summed E-state index contributed by atoms with van der Waals surface area (Å²) in [5, 5.41) is 21.6. The second kappa shape index (κ2) is 9.85. The Bertz CT molecular complexity index is 1130. The van der Waals surface area contributed by atoms with Crippen molar-refractivity contribution in [2.75, 3.05) is 0 Å². The van der Waals surface area contributed by atoms with Crippen molar-refractivity contribution >= 4 is 11.8 Å². The summed E-state index contributed by atoms with van der Waals surface area (Å²) in [5.41, 5.74) is 2.58. The highest BCUT2D eigenvalue weighted by atomic mass is 16.7. The third kappa shape index (κ3) is 4.49. The van der Waals surface area contributed by atoms with Crippen LogP contribution in [0.25, 0.3) is 0 Å². The molecule has 0 aliphatic heterocycles. The van der Waals surface area contributed by atoms with E-state index < -0.39 is 11.1 Å². The number of hydrogen-bond donors (Lipinski definition) is 1. The zero-order chi connectivity index (χ0) is 25.4. The largest absolute Gasteiger partial charge is 0.519 e. The van der Waals surface area contributed by atoms with Gasteiger partial charge in [0.15, 0.2) is 0 Å². The van der Waals surface area contributed by atoms with E-state index in [1.807, 2.05) is 12.1 Å². The van der Waals surface area contributed by atoms with Gasteiger partial charge < -0.3 is 14.6 Å². The third-order valence-corrected chi connectivity index (χ3v) is 9.20. The average Bonchev–Trinajstić information content (AvgIpc) is 3.16. The molecule has 0 amide bonds. The molecule has 3 aliphatic carbocycles. The van der Waals surface area contributed by atoms with Crippen LogP contribution in [-0.4, -0.2) is 22.3 Å². The van der Waals surface area contributed by atoms with E-state index in [0.29, 0.717) is 29.4 Å².